The van der Waals surface area contributed by atoms with E-state index >= 15 is 0 Å². The number of ether oxygens (including phenoxy) is 1. The molecule has 2 rings (SSSR count). The fraction of sp³-hybridized carbons (Fsp3) is 0.625. The zero-order valence-corrected chi connectivity index (χ0v) is 11.8. The molecule has 1 aliphatic carbocycles. The first-order chi connectivity index (χ1) is 9.22. The number of hydrogen-bond donors (Lipinski definition) is 2. The molecule has 0 unspecified atom stereocenters. The minimum atomic E-state index is -0.596. The second-order valence-electron chi connectivity index (χ2n) is 5.54. The first kappa shape index (κ1) is 14.4. The Hall–Kier alpha value is -1.06. The van der Waals surface area contributed by atoms with Crippen LogP contribution >= 0.6 is 0 Å². The van der Waals surface area contributed by atoms with Gasteiger partial charge in [0, 0.05) is 6.54 Å². The molecule has 0 radical (unpaired) electrons. The highest BCUT2D eigenvalue weighted by atomic mass is 16.5. The summed E-state index contributed by atoms with van der Waals surface area (Å²) in [7, 11) is 0. The molecule has 3 nitrogen and oxygen atoms in total. The van der Waals surface area contributed by atoms with Crippen LogP contribution in [0, 0.1) is 0 Å². The maximum Gasteiger partial charge on any atom is 0.119 e. The molecule has 0 saturated heterocycles. The summed E-state index contributed by atoms with van der Waals surface area (Å²) in [6.07, 6.45) is 5.11. The summed E-state index contributed by atoms with van der Waals surface area (Å²) in [4.78, 5) is 0. The van der Waals surface area contributed by atoms with Crippen LogP contribution < -0.4 is 10.1 Å². The van der Waals surface area contributed by atoms with Crippen LogP contribution in [0.1, 0.15) is 44.6 Å². The molecule has 106 valence electrons. The van der Waals surface area contributed by atoms with Crippen molar-refractivity contribution >= 4 is 0 Å². The van der Waals surface area contributed by atoms with Crippen molar-refractivity contribution in [3.8, 4) is 5.75 Å². The van der Waals surface area contributed by atoms with E-state index in [1.165, 1.54) is 5.56 Å². The summed E-state index contributed by atoms with van der Waals surface area (Å²) < 4.78 is 5.70. The minimum Gasteiger partial charge on any atom is -0.491 e. The average Bonchev–Trinajstić information content (AvgIpc) is 2.86. The number of nitrogens with one attached hydrogen (secondary N) is 1. The van der Waals surface area contributed by atoms with Crippen molar-refractivity contribution < 1.29 is 9.84 Å². The monoisotopic (exact) mass is 263 g/mol. The van der Waals surface area contributed by atoms with Crippen LogP contribution in [0.5, 0.6) is 5.75 Å². The molecular formula is C16H25NO2. The van der Waals surface area contributed by atoms with Crippen molar-refractivity contribution in [1.29, 1.82) is 0 Å². The molecule has 1 fully saturated rings. The van der Waals surface area contributed by atoms with Gasteiger partial charge in [-0.2, -0.15) is 0 Å². The van der Waals surface area contributed by atoms with E-state index in [1.807, 2.05) is 12.1 Å². The van der Waals surface area contributed by atoms with Gasteiger partial charge in [0.25, 0.3) is 0 Å². The van der Waals surface area contributed by atoms with Crippen molar-refractivity contribution in [2.75, 3.05) is 13.2 Å². The Morgan fingerprint density at radius 2 is 1.89 bits per heavy atom. The van der Waals surface area contributed by atoms with Gasteiger partial charge in [0.05, 0.1) is 5.60 Å². The molecule has 0 aromatic heterocycles. The molecule has 1 aromatic carbocycles. The molecule has 1 aliphatic rings. The topological polar surface area (TPSA) is 41.5 Å². The fourth-order valence-electron chi connectivity index (χ4n) is 2.51. The Balaban J connectivity index is 1.78. The Bertz CT molecular complexity index is 369. The predicted molar refractivity (Wildman–Crippen MR) is 77.4 cm³/mol. The largest absolute Gasteiger partial charge is 0.491 e. The van der Waals surface area contributed by atoms with E-state index in [2.05, 4.69) is 24.4 Å². The lowest BCUT2D eigenvalue weighted by Crippen LogP contribution is -2.32. The molecule has 0 bridgehead atoms. The standard InChI is InChI=1S/C16H25NO2/c1-2-11-17-12-14-5-7-15(8-6-14)19-13-16(18)9-3-4-10-16/h5-8,17-18H,2-4,9-13H2,1H3. The molecule has 0 heterocycles. The molecular weight excluding hydrogens is 238 g/mol. The van der Waals surface area contributed by atoms with E-state index in [0.29, 0.717) is 6.61 Å². The Morgan fingerprint density at radius 1 is 1.21 bits per heavy atom. The van der Waals surface area contributed by atoms with Crippen LogP contribution in [0.3, 0.4) is 0 Å². The molecule has 0 spiro atoms. The third-order valence-electron chi connectivity index (χ3n) is 3.72. The van der Waals surface area contributed by atoms with Gasteiger partial charge in [-0.05, 0) is 43.5 Å². The summed E-state index contributed by atoms with van der Waals surface area (Å²) in [6.45, 7) is 4.53. The first-order valence-corrected chi connectivity index (χ1v) is 7.37. The SMILES string of the molecule is CCCNCc1ccc(OCC2(O)CCCC2)cc1. The van der Waals surface area contributed by atoms with Crippen molar-refractivity contribution in [2.24, 2.45) is 0 Å². The molecule has 1 aromatic rings. The number of rotatable bonds is 7. The van der Waals surface area contributed by atoms with Crippen molar-refractivity contribution in [3.05, 3.63) is 29.8 Å². The molecule has 0 amide bonds. The molecule has 2 N–H and O–H groups in total. The highest BCUT2D eigenvalue weighted by Gasteiger charge is 2.31. The van der Waals surface area contributed by atoms with Gasteiger partial charge in [-0.1, -0.05) is 31.9 Å². The fourth-order valence-corrected chi connectivity index (χ4v) is 2.51. The highest BCUT2D eigenvalue weighted by Crippen LogP contribution is 2.30. The van der Waals surface area contributed by atoms with Crippen molar-refractivity contribution in [2.45, 2.75) is 51.2 Å². The molecule has 1 saturated carbocycles. The van der Waals surface area contributed by atoms with Crippen LogP contribution in [0.15, 0.2) is 24.3 Å². The third kappa shape index (κ3) is 4.51. The quantitative estimate of drug-likeness (QED) is 0.743. The molecule has 0 atom stereocenters. The van der Waals surface area contributed by atoms with Gasteiger partial charge in [0.15, 0.2) is 0 Å². The third-order valence-corrected chi connectivity index (χ3v) is 3.72. The maximum atomic E-state index is 10.2. The zero-order valence-electron chi connectivity index (χ0n) is 11.8. The zero-order chi connectivity index (χ0) is 13.6. The van der Waals surface area contributed by atoms with E-state index < -0.39 is 5.60 Å². The summed E-state index contributed by atoms with van der Waals surface area (Å²) in [5.74, 6) is 0.847. The number of hydrogen-bond acceptors (Lipinski definition) is 3. The van der Waals surface area contributed by atoms with Gasteiger partial charge >= 0.3 is 0 Å². The normalized spacial score (nSPS) is 17.6. The van der Waals surface area contributed by atoms with Gasteiger partial charge in [-0.15, -0.1) is 0 Å². The lowest BCUT2D eigenvalue weighted by molar-refractivity contribution is 0.00140. The van der Waals surface area contributed by atoms with Crippen LogP contribution in [0.4, 0.5) is 0 Å². The van der Waals surface area contributed by atoms with Gasteiger partial charge < -0.3 is 15.2 Å². The number of benzene rings is 1. The van der Waals surface area contributed by atoms with E-state index in [-0.39, 0.29) is 0 Å². The van der Waals surface area contributed by atoms with Gasteiger partial charge in [-0.25, -0.2) is 0 Å². The van der Waals surface area contributed by atoms with Crippen LogP contribution in [0.2, 0.25) is 0 Å². The second kappa shape index (κ2) is 6.92. The second-order valence-corrected chi connectivity index (χ2v) is 5.54. The van der Waals surface area contributed by atoms with E-state index in [0.717, 1.165) is 50.9 Å². The lowest BCUT2D eigenvalue weighted by Gasteiger charge is -2.22. The van der Waals surface area contributed by atoms with Gasteiger partial charge in [0.1, 0.15) is 12.4 Å². The molecule has 0 aliphatic heterocycles. The van der Waals surface area contributed by atoms with Crippen molar-refractivity contribution in [1.82, 2.24) is 5.32 Å². The summed E-state index contributed by atoms with van der Waals surface area (Å²) in [5, 5.41) is 13.6. The summed E-state index contributed by atoms with van der Waals surface area (Å²) in [6, 6.07) is 8.13. The van der Waals surface area contributed by atoms with Crippen LogP contribution in [0.25, 0.3) is 0 Å². The van der Waals surface area contributed by atoms with E-state index in [4.69, 9.17) is 4.74 Å². The van der Waals surface area contributed by atoms with Gasteiger partial charge in [0.2, 0.25) is 0 Å². The number of aliphatic hydroxyl groups is 1. The highest BCUT2D eigenvalue weighted by molar-refractivity contribution is 5.27. The molecule has 3 heteroatoms. The first-order valence-electron chi connectivity index (χ1n) is 7.37. The maximum absolute atomic E-state index is 10.2. The predicted octanol–water partition coefficient (Wildman–Crippen LogP) is 2.87. The molecule has 19 heavy (non-hydrogen) atoms. The van der Waals surface area contributed by atoms with Gasteiger partial charge in [-0.3, -0.25) is 0 Å². The summed E-state index contributed by atoms with van der Waals surface area (Å²) >= 11 is 0. The van der Waals surface area contributed by atoms with Crippen LogP contribution in [-0.4, -0.2) is 23.9 Å². The summed E-state index contributed by atoms with van der Waals surface area (Å²) in [5.41, 5.74) is 0.668. The van der Waals surface area contributed by atoms with Crippen molar-refractivity contribution in [3.63, 3.8) is 0 Å². The Kier molecular flexibility index (Phi) is 5.23. The van der Waals surface area contributed by atoms with E-state index in [9.17, 15) is 5.11 Å². The Morgan fingerprint density at radius 3 is 2.53 bits per heavy atom. The minimum absolute atomic E-state index is 0.417. The Labute approximate surface area is 116 Å². The van der Waals surface area contributed by atoms with Crippen LogP contribution in [-0.2, 0) is 6.54 Å². The lowest BCUT2D eigenvalue weighted by atomic mass is 10.0. The smallest absolute Gasteiger partial charge is 0.119 e. The average molecular weight is 263 g/mol. The van der Waals surface area contributed by atoms with E-state index in [1.54, 1.807) is 0 Å².